The maximum Gasteiger partial charge on any atom is 0.00413 e. The molecule has 0 aliphatic heterocycles. The van der Waals surface area contributed by atoms with Crippen LogP contribution in [0.3, 0.4) is 0 Å². The molecule has 0 aromatic heterocycles. The van der Waals surface area contributed by atoms with Crippen LogP contribution in [0.2, 0.25) is 0 Å². The van der Waals surface area contributed by atoms with E-state index in [0.717, 1.165) is 5.92 Å². The van der Waals surface area contributed by atoms with Gasteiger partial charge in [-0.1, -0.05) is 33.6 Å². The van der Waals surface area contributed by atoms with Gasteiger partial charge in [-0.05, 0) is 43.9 Å². The largest absolute Gasteiger partial charge is 0.314 e. The second-order valence-corrected chi connectivity index (χ2v) is 5.97. The van der Waals surface area contributed by atoms with Crippen molar-refractivity contribution in [2.24, 2.45) is 11.3 Å². The van der Waals surface area contributed by atoms with Crippen LogP contribution in [-0.4, -0.2) is 12.6 Å². The molecule has 0 radical (unpaired) electrons. The molecule has 0 heterocycles. The molecule has 1 nitrogen and oxygen atoms in total. The van der Waals surface area contributed by atoms with E-state index in [1.54, 1.807) is 0 Å². The zero-order valence-corrected chi connectivity index (χ0v) is 11.1. The molecule has 0 amide bonds. The van der Waals surface area contributed by atoms with Gasteiger partial charge in [-0.3, -0.25) is 0 Å². The molecule has 0 spiro atoms. The van der Waals surface area contributed by atoms with Gasteiger partial charge in [0.25, 0.3) is 0 Å². The zero-order valence-electron chi connectivity index (χ0n) is 11.1. The predicted octanol–water partition coefficient (Wildman–Crippen LogP) is 3.98. The third-order valence-electron chi connectivity index (χ3n) is 4.06. The summed E-state index contributed by atoms with van der Waals surface area (Å²) in [7, 11) is 0. The Morgan fingerprint density at radius 3 is 2.20 bits per heavy atom. The van der Waals surface area contributed by atoms with Gasteiger partial charge in [-0.2, -0.15) is 0 Å². The van der Waals surface area contributed by atoms with Gasteiger partial charge in [-0.15, -0.1) is 0 Å². The van der Waals surface area contributed by atoms with Gasteiger partial charge in [0, 0.05) is 12.6 Å². The van der Waals surface area contributed by atoms with Crippen molar-refractivity contribution in [1.29, 1.82) is 0 Å². The maximum absolute atomic E-state index is 3.75. The van der Waals surface area contributed by atoms with Crippen LogP contribution >= 0.6 is 0 Å². The van der Waals surface area contributed by atoms with Crippen LogP contribution in [0.1, 0.15) is 66.2 Å². The monoisotopic (exact) mass is 211 g/mol. The summed E-state index contributed by atoms with van der Waals surface area (Å²) in [5, 5.41) is 3.75. The molecule has 15 heavy (non-hydrogen) atoms. The molecule has 0 bridgehead atoms. The molecule has 1 fully saturated rings. The Balaban J connectivity index is 2.28. The summed E-state index contributed by atoms with van der Waals surface area (Å²) in [6.45, 7) is 10.6. The van der Waals surface area contributed by atoms with Gasteiger partial charge < -0.3 is 5.32 Å². The number of hydrogen-bond donors (Lipinski definition) is 1. The number of nitrogens with one attached hydrogen (secondary N) is 1. The highest BCUT2D eigenvalue weighted by molar-refractivity contribution is 4.86. The molecular weight excluding hydrogens is 182 g/mol. The molecule has 1 heteroatoms. The standard InChI is InChI=1S/C14H29N/c1-5-14(8-6-7-9-14)11-15-13(4)10-12(2)3/h12-13,15H,5-11H2,1-4H3. The third-order valence-corrected chi connectivity index (χ3v) is 4.06. The van der Waals surface area contributed by atoms with Crippen molar-refractivity contribution in [3.63, 3.8) is 0 Å². The van der Waals surface area contributed by atoms with Gasteiger partial charge >= 0.3 is 0 Å². The van der Waals surface area contributed by atoms with E-state index in [9.17, 15) is 0 Å². The van der Waals surface area contributed by atoms with E-state index < -0.39 is 0 Å². The first-order valence-corrected chi connectivity index (χ1v) is 6.81. The van der Waals surface area contributed by atoms with Crippen LogP contribution in [0.5, 0.6) is 0 Å². The summed E-state index contributed by atoms with van der Waals surface area (Å²) >= 11 is 0. The third kappa shape index (κ3) is 4.14. The summed E-state index contributed by atoms with van der Waals surface area (Å²) in [4.78, 5) is 0. The molecule has 1 atom stereocenters. The summed E-state index contributed by atoms with van der Waals surface area (Å²) in [5.74, 6) is 0.814. The number of hydrogen-bond acceptors (Lipinski definition) is 1. The first-order valence-electron chi connectivity index (χ1n) is 6.81. The smallest absolute Gasteiger partial charge is 0.00413 e. The first kappa shape index (κ1) is 13.0. The Morgan fingerprint density at radius 1 is 1.13 bits per heavy atom. The highest BCUT2D eigenvalue weighted by atomic mass is 14.9. The van der Waals surface area contributed by atoms with Crippen LogP contribution in [0.15, 0.2) is 0 Å². The van der Waals surface area contributed by atoms with Gasteiger partial charge in [0.2, 0.25) is 0 Å². The van der Waals surface area contributed by atoms with Crippen molar-refractivity contribution in [2.45, 2.75) is 72.3 Å². The van der Waals surface area contributed by atoms with Gasteiger partial charge in [0.05, 0.1) is 0 Å². The lowest BCUT2D eigenvalue weighted by molar-refractivity contribution is 0.251. The van der Waals surface area contributed by atoms with Crippen molar-refractivity contribution < 1.29 is 0 Å². The molecule has 0 saturated heterocycles. The minimum Gasteiger partial charge on any atom is -0.314 e. The molecule has 0 aromatic rings. The fraction of sp³-hybridized carbons (Fsp3) is 1.00. The van der Waals surface area contributed by atoms with Gasteiger partial charge in [0.15, 0.2) is 0 Å². The van der Waals surface area contributed by atoms with E-state index in [-0.39, 0.29) is 0 Å². The number of rotatable bonds is 6. The quantitative estimate of drug-likeness (QED) is 0.700. The van der Waals surface area contributed by atoms with Crippen LogP contribution in [0.4, 0.5) is 0 Å². The van der Waals surface area contributed by atoms with Crippen LogP contribution < -0.4 is 5.32 Å². The Morgan fingerprint density at radius 2 is 1.73 bits per heavy atom. The predicted molar refractivity (Wildman–Crippen MR) is 68.1 cm³/mol. The van der Waals surface area contributed by atoms with Crippen LogP contribution in [0.25, 0.3) is 0 Å². The maximum atomic E-state index is 3.75. The molecule has 90 valence electrons. The Hall–Kier alpha value is -0.0400. The molecule has 1 saturated carbocycles. The second kappa shape index (κ2) is 5.89. The van der Waals surface area contributed by atoms with Gasteiger partial charge in [-0.25, -0.2) is 0 Å². The fourth-order valence-corrected chi connectivity index (χ4v) is 2.96. The van der Waals surface area contributed by atoms with Crippen LogP contribution in [-0.2, 0) is 0 Å². The van der Waals surface area contributed by atoms with Crippen molar-refractivity contribution in [1.82, 2.24) is 5.32 Å². The topological polar surface area (TPSA) is 12.0 Å². The molecule has 1 rings (SSSR count). The van der Waals surface area contributed by atoms with Crippen molar-refractivity contribution >= 4 is 0 Å². The normalized spacial score (nSPS) is 22.2. The Bertz CT molecular complexity index is 168. The fourth-order valence-electron chi connectivity index (χ4n) is 2.96. The minimum absolute atomic E-state index is 0.644. The molecule has 1 aliphatic carbocycles. The minimum atomic E-state index is 0.644. The highest BCUT2D eigenvalue weighted by Gasteiger charge is 2.31. The molecule has 0 aromatic carbocycles. The molecule has 1 unspecified atom stereocenters. The van der Waals surface area contributed by atoms with E-state index >= 15 is 0 Å². The Labute approximate surface area is 96.0 Å². The Kier molecular flexibility index (Phi) is 5.11. The first-order chi connectivity index (χ1) is 7.08. The summed E-state index contributed by atoms with van der Waals surface area (Å²) < 4.78 is 0. The van der Waals surface area contributed by atoms with E-state index in [0.29, 0.717) is 11.5 Å². The van der Waals surface area contributed by atoms with Crippen molar-refractivity contribution in [3.05, 3.63) is 0 Å². The average molecular weight is 211 g/mol. The zero-order chi connectivity index (χ0) is 11.3. The van der Waals surface area contributed by atoms with Gasteiger partial charge in [0.1, 0.15) is 0 Å². The summed E-state index contributed by atoms with van der Waals surface area (Å²) in [5.41, 5.74) is 0.644. The van der Waals surface area contributed by atoms with Crippen LogP contribution in [0, 0.1) is 11.3 Å². The van der Waals surface area contributed by atoms with Crippen molar-refractivity contribution in [3.8, 4) is 0 Å². The molecular formula is C14H29N. The summed E-state index contributed by atoms with van der Waals surface area (Å²) in [6.07, 6.45) is 8.46. The van der Waals surface area contributed by atoms with E-state index in [1.807, 2.05) is 0 Å². The molecule has 1 aliphatic rings. The lowest BCUT2D eigenvalue weighted by Crippen LogP contribution is -2.37. The van der Waals surface area contributed by atoms with E-state index in [2.05, 4.69) is 33.0 Å². The SMILES string of the molecule is CCC1(CNC(C)CC(C)C)CCCC1. The lowest BCUT2D eigenvalue weighted by Gasteiger charge is -2.30. The average Bonchev–Trinajstić information content (AvgIpc) is 2.63. The molecule has 1 N–H and O–H groups in total. The van der Waals surface area contributed by atoms with E-state index in [4.69, 9.17) is 0 Å². The lowest BCUT2D eigenvalue weighted by atomic mass is 9.83. The summed E-state index contributed by atoms with van der Waals surface area (Å²) in [6, 6.07) is 0.689. The van der Waals surface area contributed by atoms with E-state index in [1.165, 1.54) is 45.1 Å². The van der Waals surface area contributed by atoms with Crippen molar-refractivity contribution in [2.75, 3.05) is 6.54 Å². The highest BCUT2D eigenvalue weighted by Crippen LogP contribution is 2.40. The second-order valence-electron chi connectivity index (χ2n) is 5.97.